The minimum absolute atomic E-state index is 0.108. The third kappa shape index (κ3) is 2.23. The maximum Gasteiger partial charge on any atom is 0.166 e. The monoisotopic (exact) mass is 232 g/mol. The average Bonchev–Trinajstić information content (AvgIpc) is 2.33. The number of hydrogen-bond acceptors (Lipinski definition) is 1. The van der Waals surface area contributed by atoms with Gasteiger partial charge in [-0.15, -0.1) is 0 Å². The predicted molar refractivity (Wildman–Crippen MR) is 61.8 cm³/mol. The molecule has 17 heavy (non-hydrogen) atoms. The lowest BCUT2D eigenvalue weighted by Crippen LogP contribution is -1.94. The molecule has 0 aliphatic heterocycles. The summed E-state index contributed by atoms with van der Waals surface area (Å²) < 4.78 is 26.6. The molecule has 0 aliphatic carbocycles. The zero-order valence-corrected chi connectivity index (χ0v) is 9.21. The molecule has 0 fully saturated rings. The highest BCUT2D eigenvalue weighted by molar-refractivity contribution is 5.95. The average molecular weight is 232 g/mol. The fourth-order valence-corrected chi connectivity index (χ4v) is 1.63. The van der Waals surface area contributed by atoms with Crippen LogP contribution in [0.3, 0.4) is 0 Å². The quantitative estimate of drug-likeness (QED) is 0.719. The second-order valence-electron chi connectivity index (χ2n) is 3.74. The van der Waals surface area contributed by atoms with E-state index in [2.05, 4.69) is 0 Å². The number of rotatable bonds is 2. The molecule has 2 aromatic carbocycles. The Hall–Kier alpha value is -2.03. The molecule has 0 heterocycles. The van der Waals surface area contributed by atoms with E-state index in [1.54, 1.807) is 24.3 Å². The fraction of sp³-hybridized carbons (Fsp3) is 0.0714. The molecular formula is C14H10F2O. The summed E-state index contributed by atoms with van der Waals surface area (Å²) in [6.07, 6.45) is 0. The Balaban J connectivity index is 2.57. The molecule has 0 spiro atoms. The number of carbonyl (C=O) groups excluding carboxylic acids is 1. The number of hydrogen-bond donors (Lipinski definition) is 0. The van der Waals surface area contributed by atoms with Gasteiger partial charge in [0.05, 0.1) is 0 Å². The second-order valence-corrected chi connectivity index (χ2v) is 3.74. The van der Waals surface area contributed by atoms with Gasteiger partial charge in [-0.25, -0.2) is 8.78 Å². The van der Waals surface area contributed by atoms with E-state index in [1.165, 1.54) is 19.1 Å². The van der Waals surface area contributed by atoms with Gasteiger partial charge in [-0.3, -0.25) is 4.79 Å². The Morgan fingerprint density at radius 1 is 1.06 bits per heavy atom. The van der Waals surface area contributed by atoms with Crippen LogP contribution in [0.2, 0.25) is 0 Å². The molecule has 0 atom stereocenters. The van der Waals surface area contributed by atoms with Gasteiger partial charge in [-0.1, -0.05) is 30.3 Å². The lowest BCUT2D eigenvalue weighted by molar-refractivity contribution is 0.101. The van der Waals surface area contributed by atoms with Crippen molar-refractivity contribution in [2.45, 2.75) is 6.92 Å². The van der Waals surface area contributed by atoms with Crippen molar-refractivity contribution < 1.29 is 13.6 Å². The summed E-state index contributed by atoms with van der Waals surface area (Å²) in [4.78, 5) is 11.2. The molecule has 0 aliphatic rings. The van der Waals surface area contributed by atoms with Gasteiger partial charge in [0.25, 0.3) is 0 Å². The number of halogens is 2. The molecule has 0 amide bonds. The third-order valence-electron chi connectivity index (χ3n) is 2.53. The second kappa shape index (κ2) is 4.45. The van der Waals surface area contributed by atoms with Crippen LogP contribution in [-0.2, 0) is 0 Å². The lowest BCUT2D eigenvalue weighted by Gasteiger charge is -2.05. The SMILES string of the molecule is CC(=O)c1cccc(-c2cccc(F)c2F)c1. The van der Waals surface area contributed by atoms with Crippen LogP contribution < -0.4 is 0 Å². The van der Waals surface area contributed by atoms with Crippen LogP contribution in [0.15, 0.2) is 42.5 Å². The first kappa shape index (κ1) is 11.5. The van der Waals surface area contributed by atoms with Crippen molar-refractivity contribution in [2.24, 2.45) is 0 Å². The molecule has 86 valence electrons. The van der Waals surface area contributed by atoms with Crippen molar-refractivity contribution in [3.8, 4) is 11.1 Å². The van der Waals surface area contributed by atoms with Crippen LogP contribution in [0, 0.1) is 11.6 Å². The van der Waals surface area contributed by atoms with E-state index < -0.39 is 11.6 Å². The van der Waals surface area contributed by atoms with Crippen molar-refractivity contribution in [3.05, 3.63) is 59.7 Å². The van der Waals surface area contributed by atoms with Gasteiger partial charge in [0.1, 0.15) is 0 Å². The van der Waals surface area contributed by atoms with Crippen LogP contribution in [-0.4, -0.2) is 5.78 Å². The van der Waals surface area contributed by atoms with Crippen LogP contribution in [0.4, 0.5) is 8.78 Å². The third-order valence-corrected chi connectivity index (χ3v) is 2.53. The van der Waals surface area contributed by atoms with Crippen LogP contribution in [0.25, 0.3) is 11.1 Å². The number of Topliss-reactive ketones (excluding diaryl/α,β-unsaturated/α-hetero) is 1. The minimum atomic E-state index is -0.895. The largest absolute Gasteiger partial charge is 0.295 e. The highest BCUT2D eigenvalue weighted by atomic mass is 19.2. The summed E-state index contributed by atoms with van der Waals surface area (Å²) in [5, 5.41) is 0. The summed E-state index contributed by atoms with van der Waals surface area (Å²) in [5.74, 6) is -1.90. The lowest BCUT2D eigenvalue weighted by atomic mass is 10.0. The molecule has 0 N–H and O–H groups in total. The molecular weight excluding hydrogens is 222 g/mol. The summed E-state index contributed by atoms with van der Waals surface area (Å²) >= 11 is 0. The van der Waals surface area contributed by atoms with Gasteiger partial charge in [-0.05, 0) is 24.6 Å². The first-order valence-electron chi connectivity index (χ1n) is 5.15. The first-order chi connectivity index (χ1) is 8.09. The molecule has 1 nitrogen and oxygen atoms in total. The van der Waals surface area contributed by atoms with Crippen molar-refractivity contribution in [2.75, 3.05) is 0 Å². The molecule has 0 radical (unpaired) electrons. The highest BCUT2D eigenvalue weighted by Gasteiger charge is 2.10. The summed E-state index contributed by atoms with van der Waals surface area (Å²) in [5.41, 5.74) is 1.13. The maximum atomic E-state index is 13.6. The Morgan fingerprint density at radius 2 is 1.76 bits per heavy atom. The molecule has 2 aromatic rings. The number of ketones is 1. The zero-order chi connectivity index (χ0) is 12.4. The smallest absolute Gasteiger partial charge is 0.166 e. The Labute approximate surface area is 97.7 Å². The van der Waals surface area contributed by atoms with Crippen LogP contribution in [0.1, 0.15) is 17.3 Å². The summed E-state index contributed by atoms with van der Waals surface area (Å²) in [7, 11) is 0. The van der Waals surface area contributed by atoms with E-state index in [-0.39, 0.29) is 11.3 Å². The zero-order valence-electron chi connectivity index (χ0n) is 9.21. The topological polar surface area (TPSA) is 17.1 Å². The van der Waals surface area contributed by atoms with Crippen LogP contribution in [0.5, 0.6) is 0 Å². The Morgan fingerprint density at radius 3 is 2.47 bits per heavy atom. The van der Waals surface area contributed by atoms with Crippen molar-refractivity contribution >= 4 is 5.78 Å². The fourth-order valence-electron chi connectivity index (χ4n) is 1.63. The molecule has 3 heteroatoms. The van der Waals surface area contributed by atoms with Crippen molar-refractivity contribution in [1.82, 2.24) is 0 Å². The highest BCUT2D eigenvalue weighted by Crippen LogP contribution is 2.25. The first-order valence-corrected chi connectivity index (χ1v) is 5.15. The number of carbonyl (C=O) groups is 1. The van der Waals surface area contributed by atoms with E-state index in [0.29, 0.717) is 11.1 Å². The van der Waals surface area contributed by atoms with Gasteiger partial charge in [-0.2, -0.15) is 0 Å². The van der Waals surface area contributed by atoms with E-state index in [4.69, 9.17) is 0 Å². The molecule has 0 aromatic heterocycles. The van der Waals surface area contributed by atoms with Gasteiger partial charge in [0.15, 0.2) is 17.4 Å². The van der Waals surface area contributed by atoms with Gasteiger partial charge in [0.2, 0.25) is 0 Å². The molecule has 0 saturated heterocycles. The van der Waals surface area contributed by atoms with E-state index in [9.17, 15) is 13.6 Å². The van der Waals surface area contributed by atoms with E-state index in [0.717, 1.165) is 6.07 Å². The normalized spacial score (nSPS) is 10.3. The van der Waals surface area contributed by atoms with E-state index >= 15 is 0 Å². The standard InChI is InChI=1S/C14H10F2O/c1-9(17)10-4-2-5-11(8-10)12-6-3-7-13(15)14(12)16/h2-8H,1H3. The van der Waals surface area contributed by atoms with E-state index in [1.807, 2.05) is 0 Å². The van der Waals surface area contributed by atoms with Crippen molar-refractivity contribution in [3.63, 3.8) is 0 Å². The molecule has 2 rings (SSSR count). The Bertz CT molecular complexity index is 576. The minimum Gasteiger partial charge on any atom is -0.295 e. The predicted octanol–water partition coefficient (Wildman–Crippen LogP) is 3.83. The van der Waals surface area contributed by atoms with Gasteiger partial charge < -0.3 is 0 Å². The maximum absolute atomic E-state index is 13.6. The molecule has 0 unspecified atom stereocenters. The van der Waals surface area contributed by atoms with Gasteiger partial charge >= 0.3 is 0 Å². The Kier molecular flexibility index (Phi) is 3.00. The number of benzene rings is 2. The molecule has 0 bridgehead atoms. The van der Waals surface area contributed by atoms with Crippen molar-refractivity contribution in [1.29, 1.82) is 0 Å². The summed E-state index contributed by atoms with van der Waals surface area (Å²) in [6, 6.07) is 10.5. The summed E-state index contributed by atoms with van der Waals surface area (Å²) in [6.45, 7) is 1.43. The molecule has 0 saturated carbocycles. The van der Waals surface area contributed by atoms with Gasteiger partial charge in [0, 0.05) is 11.1 Å². The van der Waals surface area contributed by atoms with Crippen LogP contribution >= 0.6 is 0 Å².